The summed E-state index contributed by atoms with van der Waals surface area (Å²) in [6.07, 6.45) is -0.825. The van der Waals surface area contributed by atoms with Crippen LogP contribution in [0.2, 0.25) is 0 Å². The summed E-state index contributed by atoms with van der Waals surface area (Å²) < 4.78 is 46.3. The molecule has 25 heavy (non-hydrogen) atoms. The molecule has 0 N–H and O–H groups in total. The summed E-state index contributed by atoms with van der Waals surface area (Å²) in [6, 6.07) is 12.4. The van der Waals surface area contributed by atoms with Crippen molar-refractivity contribution < 1.29 is 27.4 Å². The highest BCUT2D eigenvalue weighted by Gasteiger charge is 2.18. The molecule has 0 aliphatic heterocycles. The first kappa shape index (κ1) is 19.2. The molecule has 2 rings (SSSR count). The summed E-state index contributed by atoms with van der Waals surface area (Å²) in [5.41, 5.74) is 0. The zero-order valence-electron chi connectivity index (χ0n) is 14.6. The van der Waals surface area contributed by atoms with E-state index in [1.54, 1.807) is 38.1 Å². The lowest BCUT2D eigenvalue weighted by Gasteiger charge is -2.14. The first-order valence-electron chi connectivity index (χ1n) is 7.71. The van der Waals surface area contributed by atoms with Gasteiger partial charge >= 0.3 is 0 Å². The smallest absolute Gasteiger partial charge is 0.206 e. The molecule has 0 spiro atoms. The van der Waals surface area contributed by atoms with Crippen molar-refractivity contribution in [3.8, 4) is 11.5 Å². The summed E-state index contributed by atoms with van der Waals surface area (Å²) >= 11 is 0. The van der Waals surface area contributed by atoms with Gasteiger partial charge in [-0.3, -0.25) is 0 Å². The van der Waals surface area contributed by atoms with Crippen LogP contribution in [-0.2, 0) is 19.3 Å². The molecule has 7 heteroatoms. The molecule has 0 amide bonds. The van der Waals surface area contributed by atoms with Crippen LogP contribution in [0.25, 0.3) is 0 Å². The average Bonchev–Trinajstić information content (AvgIpc) is 2.62. The summed E-state index contributed by atoms with van der Waals surface area (Å²) in [4.78, 5) is 0.368. The van der Waals surface area contributed by atoms with E-state index in [1.165, 1.54) is 38.5 Å². The highest BCUT2D eigenvalue weighted by molar-refractivity contribution is 7.91. The predicted molar refractivity (Wildman–Crippen MR) is 92.5 cm³/mol. The Hall–Kier alpha value is -2.09. The lowest BCUT2D eigenvalue weighted by Crippen LogP contribution is -2.13. The molecule has 0 aliphatic rings. The topological polar surface area (TPSA) is 71.1 Å². The molecule has 0 fully saturated rings. The maximum atomic E-state index is 12.7. The normalized spacial score (nSPS) is 13.9. The van der Waals surface area contributed by atoms with E-state index in [9.17, 15) is 8.42 Å². The minimum atomic E-state index is -3.61. The molecule has 0 saturated heterocycles. The summed E-state index contributed by atoms with van der Waals surface area (Å²) in [5.74, 6) is 1.07. The molecule has 2 unspecified atom stereocenters. The Morgan fingerprint density at radius 1 is 0.680 bits per heavy atom. The largest absolute Gasteiger partial charge is 0.465 e. The minimum Gasteiger partial charge on any atom is -0.465 e. The highest BCUT2D eigenvalue weighted by atomic mass is 32.2. The van der Waals surface area contributed by atoms with Crippen molar-refractivity contribution in [2.75, 3.05) is 14.2 Å². The summed E-state index contributed by atoms with van der Waals surface area (Å²) in [6.45, 7) is 3.50. The van der Waals surface area contributed by atoms with Crippen molar-refractivity contribution in [3.63, 3.8) is 0 Å². The van der Waals surface area contributed by atoms with Crippen LogP contribution in [-0.4, -0.2) is 35.2 Å². The van der Waals surface area contributed by atoms with E-state index in [1.807, 2.05) is 0 Å². The van der Waals surface area contributed by atoms with Gasteiger partial charge < -0.3 is 18.9 Å². The van der Waals surface area contributed by atoms with Crippen molar-refractivity contribution in [2.45, 2.75) is 36.2 Å². The van der Waals surface area contributed by atoms with Gasteiger partial charge in [-0.2, -0.15) is 0 Å². The number of sulfone groups is 1. The Balaban J connectivity index is 2.17. The van der Waals surface area contributed by atoms with Crippen LogP contribution in [0, 0.1) is 0 Å². The van der Waals surface area contributed by atoms with E-state index in [0.29, 0.717) is 11.5 Å². The first-order chi connectivity index (χ1) is 11.9. The minimum absolute atomic E-state index is 0.184. The van der Waals surface area contributed by atoms with Crippen LogP contribution in [0.4, 0.5) is 0 Å². The molecule has 0 saturated carbocycles. The van der Waals surface area contributed by atoms with Crippen molar-refractivity contribution >= 4 is 9.84 Å². The number of hydrogen-bond acceptors (Lipinski definition) is 6. The number of ether oxygens (including phenoxy) is 4. The van der Waals surface area contributed by atoms with E-state index in [0.717, 1.165) is 0 Å². The molecule has 2 aromatic rings. The van der Waals surface area contributed by atoms with E-state index >= 15 is 0 Å². The Bertz CT molecular complexity index is 707. The van der Waals surface area contributed by atoms with Crippen LogP contribution in [0.1, 0.15) is 13.8 Å². The van der Waals surface area contributed by atoms with Gasteiger partial charge in [0.25, 0.3) is 0 Å². The van der Waals surface area contributed by atoms with Crippen molar-refractivity contribution in [3.05, 3.63) is 48.5 Å². The van der Waals surface area contributed by atoms with E-state index in [-0.39, 0.29) is 9.79 Å². The number of hydrogen-bond donors (Lipinski definition) is 0. The fourth-order valence-corrected chi connectivity index (χ4v) is 3.27. The van der Waals surface area contributed by atoms with Gasteiger partial charge in [-0.05, 0) is 62.4 Å². The van der Waals surface area contributed by atoms with Crippen LogP contribution < -0.4 is 9.47 Å². The predicted octanol–water partition coefficient (Wildman–Crippen LogP) is 3.26. The third kappa shape index (κ3) is 4.94. The number of rotatable bonds is 8. The highest BCUT2D eigenvalue weighted by Crippen LogP contribution is 2.25. The van der Waals surface area contributed by atoms with Crippen molar-refractivity contribution in [1.82, 2.24) is 0 Å². The van der Waals surface area contributed by atoms with Crippen LogP contribution >= 0.6 is 0 Å². The summed E-state index contributed by atoms with van der Waals surface area (Å²) in [7, 11) is -0.550. The Kier molecular flexibility index (Phi) is 6.41. The van der Waals surface area contributed by atoms with Crippen LogP contribution in [0.5, 0.6) is 11.5 Å². The van der Waals surface area contributed by atoms with Gasteiger partial charge in [0.2, 0.25) is 9.84 Å². The van der Waals surface area contributed by atoms with Crippen LogP contribution in [0.3, 0.4) is 0 Å². The molecule has 136 valence electrons. The van der Waals surface area contributed by atoms with E-state index in [4.69, 9.17) is 18.9 Å². The Morgan fingerprint density at radius 3 is 1.28 bits per heavy atom. The zero-order chi connectivity index (χ0) is 18.4. The van der Waals surface area contributed by atoms with Gasteiger partial charge in [0.05, 0.1) is 9.79 Å². The van der Waals surface area contributed by atoms with Gasteiger partial charge in [0.1, 0.15) is 11.5 Å². The second-order valence-corrected chi connectivity index (χ2v) is 7.24. The molecule has 0 radical (unpaired) electrons. The molecule has 0 aromatic heterocycles. The van der Waals surface area contributed by atoms with E-state index in [2.05, 4.69) is 0 Å². The number of benzene rings is 2. The average molecular weight is 366 g/mol. The van der Waals surface area contributed by atoms with Gasteiger partial charge in [-0.25, -0.2) is 8.42 Å². The molecule has 0 heterocycles. The van der Waals surface area contributed by atoms with Gasteiger partial charge in [-0.15, -0.1) is 0 Å². The fraction of sp³-hybridized carbons (Fsp3) is 0.333. The molecular formula is C18H22O6S. The van der Waals surface area contributed by atoms with Gasteiger partial charge in [-0.1, -0.05) is 0 Å². The Labute approximate surface area is 148 Å². The second-order valence-electron chi connectivity index (χ2n) is 5.29. The number of methoxy groups -OCH3 is 2. The molecule has 0 bridgehead atoms. The second kappa shape index (κ2) is 8.33. The van der Waals surface area contributed by atoms with Gasteiger partial charge in [0, 0.05) is 14.2 Å². The van der Waals surface area contributed by atoms with Crippen molar-refractivity contribution in [2.24, 2.45) is 0 Å². The standard InChI is InChI=1S/C18H22O6S/c1-13(21-3)23-15-5-9-17(10-6-15)25(19,20)18-11-7-16(8-12-18)24-14(2)22-4/h5-14H,1-4H3. The quantitative estimate of drug-likeness (QED) is 0.668. The monoisotopic (exact) mass is 366 g/mol. The molecule has 0 aliphatic carbocycles. The summed E-state index contributed by atoms with van der Waals surface area (Å²) in [5, 5.41) is 0. The Morgan fingerprint density at radius 2 is 1.00 bits per heavy atom. The first-order valence-corrected chi connectivity index (χ1v) is 9.19. The lowest BCUT2D eigenvalue weighted by molar-refractivity contribution is -0.0385. The third-order valence-electron chi connectivity index (χ3n) is 3.54. The lowest BCUT2D eigenvalue weighted by atomic mass is 10.3. The van der Waals surface area contributed by atoms with Crippen LogP contribution in [0.15, 0.2) is 58.3 Å². The molecule has 2 atom stereocenters. The molecular weight excluding hydrogens is 344 g/mol. The fourth-order valence-electron chi connectivity index (χ4n) is 2.01. The maximum absolute atomic E-state index is 12.7. The molecule has 2 aromatic carbocycles. The third-order valence-corrected chi connectivity index (χ3v) is 5.32. The SMILES string of the molecule is COC(C)Oc1ccc(S(=O)(=O)c2ccc(OC(C)OC)cc2)cc1. The van der Waals surface area contributed by atoms with E-state index < -0.39 is 22.4 Å². The van der Waals surface area contributed by atoms with Gasteiger partial charge in [0.15, 0.2) is 12.6 Å². The van der Waals surface area contributed by atoms with Crippen molar-refractivity contribution in [1.29, 1.82) is 0 Å². The zero-order valence-corrected chi connectivity index (χ0v) is 15.4. The maximum Gasteiger partial charge on any atom is 0.206 e. The molecule has 6 nitrogen and oxygen atoms in total.